The van der Waals surface area contributed by atoms with Crippen LogP contribution in [0.2, 0.25) is 10.0 Å². The van der Waals surface area contributed by atoms with E-state index in [-0.39, 0.29) is 6.03 Å². The molecule has 0 unspecified atom stereocenters. The predicted octanol–water partition coefficient (Wildman–Crippen LogP) is 3.82. The second-order valence-electron chi connectivity index (χ2n) is 3.93. The first-order valence-electron chi connectivity index (χ1n) is 5.20. The Morgan fingerprint density at radius 2 is 1.82 bits per heavy atom. The Bertz CT molecular complexity index is 491. The van der Waals surface area contributed by atoms with Crippen molar-refractivity contribution in [3.05, 3.63) is 39.5 Å². The van der Waals surface area contributed by atoms with Crippen LogP contribution in [0.1, 0.15) is 13.8 Å². The van der Waals surface area contributed by atoms with Crippen molar-refractivity contribution in [1.29, 1.82) is 0 Å². The van der Waals surface area contributed by atoms with Crippen molar-refractivity contribution in [2.45, 2.75) is 13.8 Å². The lowest BCUT2D eigenvalue weighted by molar-refractivity contribution is 0.247. The quantitative estimate of drug-likeness (QED) is 0.827. The fourth-order valence-corrected chi connectivity index (χ4v) is 2.30. The molecule has 0 bridgehead atoms. The molecule has 0 radical (unpaired) electrons. The molecule has 0 fully saturated rings. The number of carbonyl (C=O) groups excluding carboxylic acids is 1. The second-order valence-corrected chi connectivity index (χ2v) is 4.74. The molecule has 0 atom stereocenters. The van der Waals surface area contributed by atoms with Crippen LogP contribution >= 0.6 is 23.2 Å². The molecule has 5 heteroatoms. The van der Waals surface area contributed by atoms with Crippen molar-refractivity contribution in [3.8, 4) is 0 Å². The first-order chi connectivity index (χ1) is 8.02. The van der Waals surface area contributed by atoms with Crippen LogP contribution in [0.3, 0.4) is 0 Å². The highest BCUT2D eigenvalue weighted by molar-refractivity contribution is 6.40. The Labute approximate surface area is 110 Å². The SMILES string of the molecule is CC1=C(C)N(c2c(Cl)cccc2Cl)C(=O)NC1. The van der Waals surface area contributed by atoms with Gasteiger partial charge in [0.25, 0.3) is 0 Å². The van der Waals surface area contributed by atoms with E-state index in [0.717, 1.165) is 11.3 Å². The van der Waals surface area contributed by atoms with Gasteiger partial charge in [-0.1, -0.05) is 29.3 Å². The van der Waals surface area contributed by atoms with E-state index in [2.05, 4.69) is 5.32 Å². The minimum atomic E-state index is -0.205. The Morgan fingerprint density at radius 1 is 1.24 bits per heavy atom. The zero-order chi connectivity index (χ0) is 12.6. The van der Waals surface area contributed by atoms with Gasteiger partial charge in [-0.15, -0.1) is 0 Å². The van der Waals surface area contributed by atoms with Gasteiger partial charge in [-0.3, -0.25) is 4.90 Å². The fourth-order valence-electron chi connectivity index (χ4n) is 1.73. The van der Waals surface area contributed by atoms with Crippen molar-refractivity contribution in [3.63, 3.8) is 0 Å². The summed E-state index contributed by atoms with van der Waals surface area (Å²) in [6, 6.07) is 4.98. The summed E-state index contributed by atoms with van der Waals surface area (Å²) in [7, 11) is 0. The first-order valence-corrected chi connectivity index (χ1v) is 5.96. The molecule has 0 aliphatic carbocycles. The third-order valence-electron chi connectivity index (χ3n) is 2.82. The van der Waals surface area contributed by atoms with Crippen molar-refractivity contribution >= 4 is 34.9 Å². The smallest absolute Gasteiger partial charge is 0.326 e. The molecule has 1 heterocycles. The van der Waals surface area contributed by atoms with Gasteiger partial charge < -0.3 is 5.32 Å². The summed E-state index contributed by atoms with van der Waals surface area (Å²) < 4.78 is 0. The van der Waals surface area contributed by atoms with Crippen molar-refractivity contribution < 1.29 is 4.79 Å². The van der Waals surface area contributed by atoms with Crippen LogP contribution in [0.25, 0.3) is 0 Å². The van der Waals surface area contributed by atoms with Crippen LogP contribution in [0.4, 0.5) is 10.5 Å². The second kappa shape index (κ2) is 4.59. The highest BCUT2D eigenvalue weighted by Gasteiger charge is 2.26. The molecule has 1 aromatic carbocycles. The number of allylic oxidation sites excluding steroid dienone is 1. The van der Waals surface area contributed by atoms with Gasteiger partial charge in [-0.05, 0) is 31.6 Å². The van der Waals surface area contributed by atoms with Crippen LogP contribution in [0.15, 0.2) is 29.5 Å². The number of benzene rings is 1. The maximum atomic E-state index is 11.9. The van der Waals surface area contributed by atoms with E-state index < -0.39 is 0 Å². The van der Waals surface area contributed by atoms with Gasteiger partial charge in [0.15, 0.2) is 0 Å². The molecule has 1 aromatic rings. The number of anilines is 1. The number of urea groups is 1. The number of para-hydroxylation sites is 1. The fraction of sp³-hybridized carbons (Fsp3) is 0.250. The predicted molar refractivity (Wildman–Crippen MR) is 70.7 cm³/mol. The third-order valence-corrected chi connectivity index (χ3v) is 3.43. The highest BCUT2D eigenvalue weighted by Crippen LogP contribution is 2.36. The number of hydrogen-bond acceptors (Lipinski definition) is 1. The number of amides is 2. The Kier molecular flexibility index (Phi) is 3.31. The largest absolute Gasteiger partial charge is 0.334 e. The normalized spacial score (nSPS) is 16.2. The van der Waals surface area contributed by atoms with E-state index in [4.69, 9.17) is 23.2 Å². The summed E-state index contributed by atoms with van der Waals surface area (Å²) in [5.41, 5.74) is 2.48. The maximum Gasteiger partial charge on any atom is 0.326 e. The van der Waals surface area contributed by atoms with E-state index in [1.807, 2.05) is 13.8 Å². The van der Waals surface area contributed by atoms with E-state index >= 15 is 0 Å². The molecule has 0 aromatic heterocycles. The molecule has 90 valence electrons. The number of hydrogen-bond donors (Lipinski definition) is 1. The molecule has 0 saturated heterocycles. The average molecular weight is 271 g/mol. The summed E-state index contributed by atoms with van der Waals surface area (Å²) in [5.74, 6) is 0. The van der Waals surface area contributed by atoms with Crippen LogP contribution < -0.4 is 10.2 Å². The van der Waals surface area contributed by atoms with Crippen LogP contribution in [0, 0.1) is 0 Å². The van der Waals surface area contributed by atoms with Gasteiger partial charge in [0, 0.05) is 12.2 Å². The van der Waals surface area contributed by atoms with Gasteiger partial charge in [0.05, 0.1) is 15.7 Å². The number of rotatable bonds is 1. The summed E-state index contributed by atoms with van der Waals surface area (Å²) in [4.78, 5) is 13.4. The zero-order valence-corrected chi connectivity index (χ0v) is 11.1. The van der Waals surface area contributed by atoms with Gasteiger partial charge >= 0.3 is 6.03 Å². The average Bonchev–Trinajstić information content (AvgIpc) is 2.28. The Hall–Kier alpha value is -1.19. The Balaban J connectivity index is 2.59. The molecular formula is C12H12Cl2N2O. The Morgan fingerprint density at radius 3 is 2.41 bits per heavy atom. The molecule has 2 rings (SSSR count). The summed E-state index contributed by atoms with van der Waals surface area (Å²) in [5, 5.41) is 3.70. The number of nitrogens with zero attached hydrogens (tertiary/aromatic N) is 1. The summed E-state index contributed by atoms with van der Waals surface area (Å²) in [6.45, 7) is 4.41. The van der Waals surface area contributed by atoms with Crippen LogP contribution in [0.5, 0.6) is 0 Å². The minimum Gasteiger partial charge on any atom is -0.334 e. The van der Waals surface area contributed by atoms with Crippen LogP contribution in [-0.4, -0.2) is 12.6 Å². The van der Waals surface area contributed by atoms with Crippen molar-refractivity contribution in [2.24, 2.45) is 0 Å². The maximum absolute atomic E-state index is 11.9. The number of carbonyl (C=O) groups is 1. The zero-order valence-electron chi connectivity index (χ0n) is 9.55. The van der Waals surface area contributed by atoms with E-state index in [9.17, 15) is 4.79 Å². The van der Waals surface area contributed by atoms with E-state index in [1.165, 1.54) is 4.90 Å². The lowest BCUT2D eigenvalue weighted by Gasteiger charge is -2.31. The minimum absolute atomic E-state index is 0.205. The third kappa shape index (κ3) is 2.13. The molecule has 2 amide bonds. The van der Waals surface area contributed by atoms with Gasteiger partial charge in [0.1, 0.15) is 0 Å². The molecule has 0 saturated carbocycles. The lowest BCUT2D eigenvalue weighted by Crippen LogP contribution is -2.44. The van der Waals surface area contributed by atoms with Crippen molar-refractivity contribution in [2.75, 3.05) is 11.4 Å². The molecule has 0 spiro atoms. The van der Waals surface area contributed by atoms with E-state index in [1.54, 1.807) is 18.2 Å². The molecule has 1 aliphatic rings. The number of nitrogens with one attached hydrogen (secondary N) is 1. The lowest BCUT2D eigenvalue weighted by atomic mass is 10.1. The molecule has 1 N–H and O–H groups in total. The number of halogens is 2. The van der Waals surface area contributed by atoms with Crippen molar-refractivity contribution in [1.82, 2.24) is 5.32 Å². The highest BCUT2D eigenvalue weighted by atomic mass is 35.5. The van der Waals surface area contributed by atoms with Crippen LogP contribution in [-0.2, 0) is 0 Å². The summed E-state index contributed by atoms with van der Waals surface area (Å²) >= 11 is 12.2. The van der Waals surface area contributed by atoms with Gasteiger partial charge in [-0.25, -0.2) is 4.79 Å². The molecule has 17 heavy (non-hydrogen) atoms. The van der Waals surface area contributed by atoms with E-state index in [0.29, 0.717) is 22.3 Å². The molecular weight excluding hydrogens is 259 g/mol. The monoisotopic (exact) mass is 270 g/mol. The standard InChI is InChI=1S/C12H12Cl2N2O/c1-7-6-15-12(17)16(8(7)2)11-9(13)4-3-5-10(11)14/h3-5H,6H2,1-2H3,(H,15,17). The summed E-state index contributed by atoms with van der Waals surface area (Å²) in [6.07, 6.45) is 0. The molecule has 3 nitrogen and oxygen atoms in total. The topological polar surface area (TPSA) is 32.3 Å². The van der Waals surface area contributed by atoms with Gasteiger partial charge in [0.2, 0.25) is 0 Å². The molecule has 1 aliphatic heterocycles. The first kappa shape index (κ1) is 12.3. The van der Waals surface area contributed by atoms with Gasteiger partial charge in [-0.2, -0.15) is 0 Å².